The fourth-order valence-corrected chi connectivity index (χ4v) is 3.95. The zero-order chi connectivity index (χ0) is 18.0. The molecule has 2 heterocycles. The van der Waals surface area contributed by atoms with Gasteiger partial charge in [0.2, 0.25) is 0 Å². The van der Waals surface area contributed by atoms with Crippen LogP contribution in [0.1, 0.15) is 52.9 Å². The first-order valence-corrected chi connectivity index (χ1v) is 9.03. The number of nitrogens with one attached hydrogen (secondary N) is 1. The van der Waals surface area contributed by atoms with Crippen molar-refractivity contribution in [2.75, 3.05) is 26.2 Å². The number of piperidine rings is 1. The van der Waals surface area contributed by atoms with Gasteiger partial charge in [-0.05, 0) is 46.1 Å². The number of hydrogen-bond donors (Lipinski definition) is 1. The largest absolute Gasteiger partial charge is 0.394 e. The second kappa shape index (κ2) is 7.50. The third kappa shape index (κ3) is 4.35. The second-order valence-corrected chi connectivity index (χ2v) is 7.61. The van der Waals surface area contributed by atoms with Gasteiger partial charge < -0.3 is 15.1 Å². The Morgan fingerprint density at radius 2 is 1.79 bits per heavy atom. The molecule has 0 aromatic rings. The van der Waals surface area contributed by atoms with Crippen LogP contribution in [0.15, 0.2) is 0 Å². The van der Waals surface area contributed by atoms with Gasteiger partial charge in [0.15, 0.2) is 0 Å². The first kappa shape index (κ1) is 19.3. The maximum Gasteiger partial charge on any atom is 0.394 e. The summed E-state index contributed by atoms with van der Waals surface area (Å²) in [5, 5.41) is 2.96. The normalized spacial score (nSPS) is 25.9. The topological polar surface area (TPSA) is 35.6 Å². The van der Waals surface area contributed by atoms with E-state index in [0.717, 1.165) is 32.5 Å². The van der Waals surface area contributed by atoms with Crippen molar-refractivity contribution in [1.82, 2.24) is 15.1 Å². The number of rotatable bonds is 4. The third-order valence-corrected chi connectivity index (χ3v) is 5.57. The zero-order valence-corrected chi connectivity index (χ0v) is 15.0. The maximum absolute atomic E-state index is 13.1. The maximum atomic E-state index is 13.1. The van der Waals surface area contributed by atoms with E-state index in [2.05, 4.69) is 17.1 Å². The Morgan fingerprint density at radius 1 is 1.17 bits per heavy atom. The number of nitrogens with zero attached hydrogens (tertiary/aromatic N) is 2. The van der Waals surface area contributed by atoms with E-state index < -0.39 is 17.6 Å². The number of unbranched alkanes of at least 4 members (excludes halogenated alkanes) is 1. The molecular weight excluding hydrogens is 319 g/mol. The molecule has 1 unspecified atom stereocenters. The molecule has 1 atom stereocenters. The lowest BCUT2D eigenvalue weighted by atomic mass is 9.88. The number of amides is 2. The van der Waals surface area contributed by atoms with Crippen molar-refractivity contribution in [2.24, 2.45) is 5.92 Å². The minimum Gasteiger partial charge on any atom is -0.335 e. The lowest BCUT2D eigenvalue weighted by molar-refractivity contribution is -0.189. The van der Waals surface area contributed by atoms with Gasteiger partial charge >= 0.3 is 12.2 Å². The van der Waals surface area contributed by atoms with Crippen molar-refractivity contribution in [1.29, 1.82) is 0 Å². The fraction of sp³-hybridized carbons (Fsp3) is 0.941. The van der Waals surface area contributed by atoms with Crippen molar-refractivity contribution in [3.05, 3.63) is 0 Å². The summed E-state index contributed by atoms with van der Waals surface area (Å²) in [7, 11) is 0. The minimum atomic E-state index is -4.26. The molecule has 0 aliphatic carbocycles. The Bertz CT molecular complexity index is 431. The highest BCUT2D eigenvalue weighted by atomic mass is 19.4. The Labute approximate surface area is 142 Å². The van der Waals surface area contributed by atoms with Gasteiger partial charge in [-0.15, -0.1) is 0 Å². The molecule has 2 saturated heterocycles. The van der Waals surface area contributed by atoms with Crippen molar-refractivity contribution >= 4 is 6.03 Å². The monoisotopic (exact) mass is 349 g/mol. The van der Waals surface area contributed by atoms with Gasteiger partial charge in [0.25, 0.3) is 0 Å². The van der Waals surface area contributed by atoms with Gasteiger partial charge in [0.1, 0.15) is 0 Å². The Morgan fingerprint density at radius 3 is 2.29 bits per heavy atom. The molecule has 2 aliphatic rings. The highest BCUT2D eigenvalue weighted by Crippen LogP contribution is 2.44. The molecule has 2 rings (SSSR count). The first-order chi connectivity index (χ1) is 11.2. The molecule has 0 aromatic heterocycles. The first-order valence-electron chi connectivity index (χ1n) is 9.03. The van der Waals surface area contributed by atoms with Crippen LogP contribution in [0.4, 0.5) is 18.0 Å². The summed E-state index contributed by atoms with van der Waals surface area (Å²) in [5.74, 6) is -1.45. The number of hydrogen-bond acceptors (Lipinski definition) is 2. The van der Waals surface area contributed by atoms with E-state index >= 15 is 0 Å². The summed E-state index contributed by atoms with van der Waals surface area (Å²) in [6.07, 6.45) is -0.194. The number of halogens is 3. The summed E-state index contributed by atoms with van der Waals surface area (Å²) in [6, 6.07) is -0.283. The predicted octanol–water partition coefficient (Wildman–Crippen LogP) is 3.62. The number of carbonyl (C=O) groups is 1. The quantitative estimate of drug-likeness (QED) is 0.841. The van der Waals surface area contributed by atoms with E-state index in [9.17, 15) is 18.0 Å². The molecule has 2 aliphatic heterocycles. The van der Waals surface area contributed by atoms with Crippen LogP contribution in [0, 0.1) is 5.92 Å². The molecule has 0 bridgehead atoms. The van der Waals surface area contributed by atoms with Crippen LogP contribution >= 0.6 is 0 Å². The van der Waals surface area contributed by atoms with Crippen molar-refractivity contribution in [2.45, 2.75) is 70.6 Å². The molecule has 2 fully saturated rings. The van der Waals surface area contributed by atoms with Crippen LogP contribution in [0.3, 0.4) is 0 Å². The fourth-order valence-electron chi connectivity index (χ4n) is 3.95. The van der Waals surface area contributed by atoms with E-state index in [1.165, 1.54) is 31.6 Å². The number of urea groups is 1. The van der Waals surface area contributed by atoms with Gasteiger partial charge in [0.05, 0.1) is 11.5 Å². The van der Waals surface area contributed by atoms with Gasteiger partial charge in [-0.2, -0.15) is 13.2 Å². The van der Waals surface area contributed by atoms with Crippen molar-refractivity contribution in [3.8, 4) is 0 Å². The highest BCUT2D eigenvalue weighted by molar-refractivity contribution is 5.76. The van der Waals surface area contributed by atoms with Gasteiger partial charge in [-0.3, -0.25) is 0 Å². The van der Waals surface area contributed by atoms with E-state index in [1.807, 2.05) is 0 Å². The number of alkyl halides is 3. The van der Waals surface area contributed by atoms with Crippen LogP contribution < -0.4 is 5.32 Å². The SMILES string of the molecule is CCCCN1CCC(NC(=O)N2CCC(C(F)(F)F)C2(C)C)CC1. The molecule has 0 aromatic carbocycles. The molecule has 24 heavy (non-hydrogen) atoms. The van der Waals surface area contributed by atoms with Crippen LogP contribution in [0.2, 0.25) is 0 Å². The molecule has 2 amide bonds. The highest BCUT2D eigenvalue weighted by Gasteiger charge is 2.56. The smallest absolute Gasteiger partial charge is 0.335 e. The molecule has 4 nitrogen and oxygen atoms in total. The molecular formula is C17H30F3N3O. The van der Waals surface area contributed by atoms with Crippen LogP contribution in [0.5, 0.6) is 0 Å². The minimum absolute atomic E-state index is 0.0145. The van der Waals surface area contributed by atoms with Gasteiger partial charge in [-0.1, -0.05) is 13.3 Å². The summed E-state index contributed by atoms with van der Waals surface area (Å²) in [4.78, 5) is 16.3. The Balaban J connectivity index is 1.85. The summed E-state index contributed by atoms with van der Waals surface area (Å²) in [5.41, 5.74) is -1.19. The lowest BCUT2D eigenvalue weighted by Gasteiger charge is -2.38. The summed E-state index contributed by atoms with van der Waals surface area (Å²) >= 11 is 0. The van der Waals surface area contributed by atoms with Gasteiger partial charge in [0, 0.05) is 25.7 Å². The molecule has 0 radical (unpaired) electrons. The van der Waals surface area contributed by atoms with Crippen molar-refractivity contribution < 1.29 is 18.0 Å². The van der Waals surface area contributed by atoms with Crippen LogP contribution in [-0.4, -0.2) is 59.8 Å². The molecule has 1 N–H and O–H groups in total. The van der Waals surface area contributed by atoms with E-state index in [-0.39, 0.29) is 25.0 Å². The van der Waals surface area contributed by atoms with Crippen LogP contribution in [-0.2, 0) is 0 Å². The molecule has 0 spiro atoms. The van der Waals surface area contributed by atoms with Crippen molar-refractivity contribution in [3.63, 3.8) is 0 Å². The molecule has 7 heteroatoms. The Hall–Kier alpha value is -0.980. The standard InChI is InChI=1S/C17H30F3N3O/c1-4-5-9-22-10-6-13(7-11-22)21-15(24)23-12-8-14(16(23,2)3)17(18,19)20/h13-14H,4-12H2,1-3H3,(H,21,24). The van der Waals surface area contributed by atoms with Crippen LogP contribution in [0.25, 0.3) is 0 Å². The van der Waals surface area contributed by atoms with E-state index in [0.29, 0.717) is 0 Å². The second-order valence-electron chi connectivity index (χ2n) is 7.61. The number of carbonyl (C=O) groups excluding carboxylic acids is 1. The van der Waals surface area contributed by atoms with Gasteiger partial charge in [-0.25, -0.2) is 4.79 Å². The number of likely N-dealkylation sites (tertiary alicyclic amines) is 2. The molecule has 0 saturated carbocycles. The zero-order valence-electron chi connectivity index (χ0n) is 15.0. The van der Waals surface area contributed by atoms with E-state index in [4.69, 9.17) is 0 Å². The van der Waals surface area contributed by atoms with E-state index in [1.54, 1.807) is 0 Å². The molecule has 140 valence electrons. The lowest BCUT2D eigenvalue weighted by Crippen LogP contribution is -2.55. The predicted molar refractivity (Wildman–Crippen MR) is 87.8 cm³/mol. The summed E-state index contributed by atoms with van der Waals surface area (Å²) in [6.45, 7) is 8.34. The third-order valence-electron chi connectivity index (χ3n) is 5.57. The summed E-state index contributed by atoms with van der Waals surface area (Å²) < 4.78 is 39.4. The Kier molecular flexibility index (Phi) is 6.04. The average Bonchev–Trinajstić information content (AvgIpc) is 2.81. The average molecular weight is 349 g/mol.